The molecule has 3 heteroatoms. The van der Waals surface area contributed by atoms with Crippen LogP contribution < -0.4 is 4.74 Å². The quantitative estimate of drug-likeness (QED) is 0.576. The number of aliphatic imine (C=N–C) groups is 1. The topological polar surface area (TPSA) is 21.6 Å². The molecule has 1 aromatic rings. The molecule has 0 atom stereocenters. The van der Waals surface area contributed by atoms with Gasteiger partial charge in [-0.15, -0.1) is 0 Å². The van der Waals surface area contributed by atoms with Crippen LogP contribution in [0.3, 0.4) is 0 Å². The van der Waals surface area contributed by atoms with Crippen molar-refractivity contribution >= 4 is 14.3 Å². The summed E-state index contributed by atoms with van der Waals surface area (Å²) in [6.07, 6.45) is 4.06. The largest absolute Gasteiger partial charge is 0.497 e. The molecule has 0 amide bonds. The van der Waals surface area contributed by atoms with Crippen LogP contribution in [0, 0.1) is 0 Å². The molecule has 0 bridgehead atoms. The summed E-state index contributed by atoms with van der Waals surface area (Å²) in [4.78, 5) is 4.37. The minimum absolute atomic E-state index is 0.760. The van der Waals surface area contributed by atoms with E-state index in [1.807, 2.05) is 30.5 Å². The van der Waals surface area contributed by atoms with Gasteiger partial charge in [-0.25, -0.2) is 0 Å². The van der Waals surface area contributed by atoms with E-state index in [9.17, 15) is 0 Å². The van der Waals surface area contributed by atoms with E-state index >= 15 is 0 Å². The number of hydrogen-bond donors (Lipinski definition) is 0. The van der Waals surface area contributed by atoms with Gasteiger partial charge in [-0.3, -0.25) is 4.99 Å². The third-order valence-corrected chi connectivity index (χ3v) is 3.42. The normalized spacial score (nSPS) is 12.5. The molecule has 0 saturated heterocycles. The highest BCUT2D eigenvalue weighted by Gasteiger charge is 2.05. The third-order valence-electron chi connectivity index (χ3n) is 2.18. The lowest BCUT2D eigenvalue weighted by Gasteiger charge is -2.06. The summed E-state index contributed by atoms with van der Waals surface area (Å²) in [7, 11) is 0.601. The number of nitrogens with zero attached hydrogens (tertiary/aromatic N) is 1. The Morgan fingerprint density at radius 2 is 1.82 bits per heavy atom. The zero-order valence-corrected chi connectivity index (χ0v) is 12.1. The van der Waals surface area contributed by atoms with Gasteiger partial charge in [0.1, 0.15) is 5.75 Å². The molecule has 17 heavy (non-hydrogen) atoms. The van der Waals surface area contributed by atoms with Gasteiger partial charge in [-0.1, -0.05) is 31.4 Å². The Hall–Kier alpha value is -1.35. The Morgan fingerprint density at radius 1 is 1.18 bits per heavy atom. The Bertz CT molecular complexity index is 388. The molecule has 0 N–H and O–H groups in total. The summed E-state index contributed by atoms with van der Waals surface area (Å²) in [5, 5.41) is 0. The van der Waals surface area contributed by atoms with Crippen LogP contribution in [0.15, 0.2) is 41.0 Å². The van der Waals surface area contributed by atoms with Crippen molar-refractivity contribution in [1.29, 1.82) is 0 Å². The van der Waals surface area contributed by atoms with Crippen molar-refractivity contribution in [1.82, 2.24) is 0 Å². The maximum absolute atomic E-state index is 5.10. The summed E-state index contributed by atoms with van der Waals surface area (Å²) in [5.74, 6) is 0.876. The number of ether oxygens (including phenoxy) is 1. The van der Waals surface area contributed by atoms with Gasteiger partial charge in [-0.05, 0) is 29.8 Å². The molecular weight excluding hydrogens is 226 g/mol. The van der Waals surface area contributed by atoms with Crippen molar-refractivity contribution < 1.29 is 4.74 Å². The number of methoxy groups -OCH3 is 1. The zero-order valence-electron chi connectivity index (χ0n) is 11.1. The smallest absolute Gasteiger partial charge is 0.118 e. The fourth-order valence-corrected chi connectivity index (χ4v) is 2.13. The van der Waals surface area contributed by atoms with E-state index in [1.165, 1.54) is 0 Å². The first-order valence-electron chi connectivity index (χ1n) is 5.83. The highest BCUT2D eigenvalue weighted by atomic mass is 28.3. The number of hydrogen-bond acceptors (Lipinski definition) is 2. The summed E-state index contributed by atoms with van der Waals surface area (Å²) in [6.45, 7) is 7.71. The van der Waals surface area contributed by atoms with Crippen molar-refractivity contribution in [2.24, 2.45) is 4.99 Å². The lowest BCUT2D eigenvalue weighted by atomic mass is 10.2. The van der Waals surface area contributed by atoms with Crippen molar-refractivity contribution in [3.63, 3.8) is 0 Å². The van der Waals surface area contributed by atoms with E-state index in [-0.39, 0.29) is 0 Å². The highest BCUT2D eigenvalue weighted by molar-refractivity contribution is 6.80. The first-order valence-corrected chi connectivity index (χ1v) is 9.40. The summed E-state index contributed by atoms with van der Waals surface area (Å²) in [6, 6.07) is 7.90. The van der Waals surface area contributed by atoms with Crippen LogP contribution in [-0.4, -0.2) is 27.9 Å². The third kappa shape index (κ3) is 6.07. The van der Waals surface area contributed by atoms with Gasteiger partial charge < -0.3 is 4.74 Å². The van der Waals surface area contributed by atoms with E-state index in [0.717, 1.165) is 17.9 Å². The molecule has 0 spiro atoms. The zero-order chi connectivity index (χ0) is 12.7. The van der Waals surface area contributed by atoms with Gasteiger partial charge >= 0.3 is 0 Å². The van der Waals surface area contributed by atoms with Crippen LogP contribution in [0.2, 0.25) is 19.6 Å². The maximum Gasteiger partial charge on any atom is 0.118 e. The SMILES string of the molecule is COc1ccc(C=NC/C=C/[Si](C)(C)C)cc1. The molecule has 0 aliphatic heterocycles. The molecule has 1 rings (SSSR count). The Balaban J connectivity index is 2.45. The standard InChI is InChI=1S/C14H21NOSi/c1-16-14-8-6-13(7-9-14)12-15-10-5-11-17(2,3)4/h5-9,11-12H,10H2,1-4H3/b11-5+,15-12?. The average Bonchev–Trinajstić information content (AvgIpc) is 2.28. The predicted octanol–water partition coefficient (Wildman–Crippen LogP) is 3.55. The molecule has 0 saturated carbocycles. The fourth-order valence-electron chi connectivity index (χ4n) is 1.32. The molecule has 0 radical (unpaired) electrons. The van der Waals surface area contributed by atoms with Crippen LogP contribution in [-0.2, 0) is 0 Å². The Kier molecular flexibility index (Phi) is 5.16. The van der Waals surface area contributed by atoms with Gasteiger partial charge in [0.05, 0.1) is 21.7 Å². The van der Waals surface area contributed by atoms with Crippen LogP contribution in [0.1, 0.15) is 5.56 Å². The van der Waals surface area contributed by atoms with Gasteiger partial charge in [-0.2, -0.15) is 0 Å². The second-order valence-corrected chi connectivity index (χ2v) is 10.1. The predicted molar refractivity (Wildman–Crippen MR) is 77.9 cm³/mol. The summed E-state index contributed by atoms with van der Waals surface area (Å²) >= 11 is 0. The molecule has 1 aromatic carbocycles. The number of benzene rings is 1. The first kappa shape index (κ1) is 13.7. The van der Waals surface area contributed by atoms with E-state index in [2.05, 4.69) is 36.4 Å². The molecule has 0 aromatic heterocycles. The van der Waals surface area contributed by atoms with Crippen molar-refractivity contribution in [2.45, 2.75) is 19.6 Å². The summed E-state index contributed by atoms with van der Waals surface area (Å²) in [5.41, 5.74) is 3.42. The Labute approximate surface area is 105 Å². The lowest BCUT2D eigenvalue weighted by Crippen LogP contribution is -2.15. The van der Waals surface area contributed by atoms with E-state index in [0.29, 0.717) is 0 Å². The van der Waals surface area contributed by atoms with Crippen molar-refractivity contribution in [3.05, 3.63) is 41.6 Å². The molecular formula is C14H21NOSi. The van der Waals surface area contributed by atoms with Crippen LogP contribution in [0.4, 0.5) is 0 Å². The molecule has 2 nitrogen and oxygen atoms in total. The fraction of sp³-hybridized carbons (Fsp3) is 0.357. The lowest BCUT2D eigenvalue weighted by molar-refractivity contribution is 0.415. The number of rotatable bonds is 5. The monoisotopic (exact) mass is 247 g/mol. The average molecular weight is 247 g/mol. The molecule has 0 fully saturated rings. The van der Waals surface area contributed by atoms with Crippen molar-refractivity contribution in [2.75, 3.05) is 13.7 Å². The van der Waals surface area contributed by atoms with E-state index in [1.54, 1.807) is 7.11 Å². The highest BCUT2D eigenvalue weighted by Crippen LogP contribution is 2.09. The molecule has 0 aliphatic rings. The van der Waals surface area contributed by atoms with Crippen LogP contribution in [0.25, 0.3) is 0 Å². The second-order valence-electron chi connectivity index (χ2n) is 5.04. The van der Waals surface area contributed by atoms with Crippen molar-refractivity contribution in [3.8, 4) is 5.75 Å². The van der Waals surface area contributed by atoms with Gasteiger partial charge in [0.2, 0.25) is 0 Å². The minimum atomic E-state index is -1.07. The van der Waals surface area contributed by atoms with Gasteiger partial charge in [0, 0.05) is 6.21 Å². The first-order chi connectivity index (χ1) is 8.01. The summed E-state index contributed by atoms with van der Waals surface area (Å²) < 4.78 is 5.10. The molecule has 0 aliphatic carbocycles. The maximum atomic E-state index is 5.10. The van der Waals surface area contributed by atoms with Gasteiger partial charge in [0.15, 0.2) is 0 Å². The Morgan fingerprint density at radius 3 is 2.35 bits per heavy atom. The van der Waals surface area contributed by atoms with E-state index in [4.69, 9.17) is 4.74 Å². The molecule has 92 valence electrons. The minimum Gasteiger partial charge on any atom is -0.497 e. The van der Waals surface area contributed by atoms with Gasteiger partial charge in [0.25, 0.3) is 0 Å². The molecule has 0 unspecified atom stereocenters. The van der Waals surface area contributed by atoms with Crippen LogP contribution in [0.5, 0.6) is 5.75 Å². The molecule has 0 heterocycles. The van der Waals surface area contributed by atoms with Crippen LogP contribution >= 0.6 is 0 Å². The second kappa shape index (κ2) is 6.40. The van der Waals surface area contributed by atoms with E-state index < -0.39 is 8.07 Å².